The van der Waals surface area contributed by atoms with Crippen LogP contribution in [-0.4, -0.2) is 26.6 Å². The minimum atomic E-state index is -4.55. The Morgan fingerprint density at radius 3 is 2.58 bits per heavy atom. The first kappa shape index (κ1) is 16.2. The third kappa shape index (κ3) is 2.67. The van der Waals surface area contributed by atoms with Crippen molar-refractivity contribution in [1.29, 1.82) is 0 Å². The highest BCUT2D eigenvalue weighted by Crippen LogP contribution is 2.33. The molecule has 0 aliphatic rings. The normalized spacial score (nSPS) is 13.4. The molecule has 0 fully saturated rings. The highest BCUT2D eigenvalue weighted by atomic mass is 19.4. The van der Waals surface area contributed by atoms with Crippen molar-refractivity contribution in [3.63, 3.8) is 0 Å². The number of rotatable bonds is 3. The molecule has 0 saturated carbocycles. The van der Waals surface area contributed by atoms with E-state index in [1.807, 2.05) is 0 Å². The van der Waals surface area contributed by atoms with Gasteiger partial charge in [-0.05, 0) is 31.2 Å². The molecule has 24 heavy (non-hydrogen) atoms. The van der Waals surface area contributed by atoms with Gasteiger partial charge in [0.05, 0.1) is 5.56 Å². The van der Waals surface area contributed by atoms with Gasteiger partial charge in [0.1, 0.15) is 29.1 Å². The average molecular weight is 337 g/mol. The Morgan fingerprint density at radius 1 is 1.21 bits per heavy atom. The van der Waals surface area contributed by atoms with Gasteiger partial charge in [-0.25, -0.2) is 15.0 Å². The summed E-state index contributed by atoms with van der Waals surface area (Å²) in [4.78, 5) is 12.1. The number of nitrogens with zero attached hydrogens (tertiary/aromatic N) is 4. The molecule has 1 unspecified atom stereocenters. The van der Waals surface area contributed by atoms with E-state index in [0.717, 1.165) is 6.07 Å². The molecule has 3 aromatic rings. The lowest BCUT2D eigenvalue weighted by atomic mass is 10.2. The molecule has 0 radical (unpaired) electrons. The number of nitrogens with two attached hydrogens (primary N) is 1. The number of fused-ring (bicyclic) bond motifs is 1. The summed E-state index contributed by atoms with van der Waals surface area (Å²) in [6.07, 6.45) is -3.63. The van der Waals surface area contributed by atoms with Crippen molar-refractivity contribution in [1.82, 2.24) is 19.5 Å². The second kappa shape index (κ2) is 5.75. The summed E-state index contributed by atoms with van der Waals surface area (Å²) in [5.74, 6) is 0.560. The van der Waals surface area contributed by atoms with E-state index < -0.39 is 18.1 Å². The number of imidazole rings is 1. The fourth-order valence-corrected chi connectivity index (χ4v) is 2.38. The molecule has 0 aliphatic heterocycles. The van der Waals surface area contributed by atoms with Crippen LogP contribution in [0.1, 0.15) is 18.8 Å². The van der Waals surface area contributed by atoms with E-state index in [4.69, 9.17) is 10.5 Å². The molecule has 3 aromatic heterocycles. The van der Waals surface area contributed by atoms with E-state index in [1.54, 1.807) is 19.1 Å². The van der Waals surface area contributed by atoms with Crippen molar-refractivity contribution in [3.8, 4) is 11.4 Å². The van der Waals surface area contributed by atoms with Crippen molar-refractivity contribution < 1.29 is 17.9 Å². The molecule has 0 aromatic carbocycles. The molecule has 0 spiro atoms. The minimum Gasteiger partial charge on any atom is -0.383 e. The lowest BCUT2D eigenvalue weighted by molar-refractivity contribution is -0.141. The zero-order valence-corrected chi connectivity index (χ0v) is 12.9. The lowest BCUT2D eigenvalue weighted by Crippen LogP contribution is -2.12. The number of halogens is 3. The molecule has 3 heterocycles. The van der Waals surface area contributed by atoms with E-state index >= 15 is 0 Å². The van der Waals surface area contributed by atoms with Crippen LogP contribution in [0.4, 0.5) is 19.0 Å². The van der Waals surface area contributed by atoms with E-state index in [0.29, 0.717) is 16.9 Å². The third-order valence-electron chi connectivity index (χ3n) is 3.61. The number of ether oxygens (including phenoxy) is 1. The quantitative estimate of drug-likeness (QED) is 0.793. The van der Waals surface area contributed by atoms with Crippen molar-refractivity contribution in [2.45, 2.75) is 19.3 Å². The van der Waals surface area contributed by atoms with Gasteiger partial charge in [0.15, 0.2) is 5.65 Å². The van der Waals surface area contributed by atoms with Crippen LogP contribution >= 0.6 is 0 Å². The largest absolute Gasteiger partial charge is 0.433 e. The van der Waals surface area contributed by atoms with E-state index in [2.05, 4.69) is 15.0 Å². The van der Waals surface area contributed by atoms with Crippen LogP contribution in [0.25, 0.3) is 22.6 Å². The summed E-state index contributed by atoms with van der Waals surface area (Å²) < 4.78 is 45.7. The number of pyridine rings is 2. The summed E-state index contributed by atoms with van der Waals surface area (Å²) in [7, 11) is 1.44. The maximum atomic E-state index is 13.0. The predicted molar refractivity (Wildman–Crippen MR) is 81.9 cm³/mol. The van der Waals surface area contributed by atoms with Crippen LogP contribution in [-0.2, 0) is 10.9 Å². The zero-order valence-electron chi connectivity index (χ0n) is 12.9. The Kier molecular flexibility index (Phi) is 3.88. The number of anilines is 1. The molecule has 0 aliphatic carbocycles. The fraction of sp³-hybridized carbons (Fsp3) is 0.267. The molecule has 0 amide bonds. The van der Waals surface area contributed by atoms with Gasteiger partial charge in [0.2, 0.25) is 0 Å². The lowest BCUT2D eigenvalue weighted by Gasteiger charge is -2.16. The molecule has 9 heteroatoms. The van der Waals surface area contributed by atoms with E-state index in [1.165, 1.54) is 23.9 Å². The number of methoxy groups -OCH3 is 1. The zero-order chi connectivity index (χ0) is 17.5. The number of alkyl halides is 3. The van der Waals surface area contributed by atoms with Crippen molar-refractivity contribution >= 4 is 17.0 Å². The molecular formula is C15H14F3N5O. The Balaban J connectivity index is 2.32. The van der Waals surface area contributed by atoms with Crippen LogP contribution in [0, 0.1) is 0 Å². The second-order valence-electron chi connectivity index (χ2n) is 5.11. The van der Waals surface area contributed by atoms with Gasteiger partial charge < -0.3 is 10.5 Å². The van der Waals surface area contributed by atoms with E-state index in [9.17, 15) is 13.2 Å². The topological polar surface area (TPSA) is 78.9 Å². The van der Waals surface area contributed by atoms with Crippen LogP contribution in [0.3, 0.4) is 0 Å². The van der Waals surface area contributed by atoms with Gasteiger partial charge in [0.25, 0.3) is 0 Å². The van der Waals surface area contributed by atoms with Gasteiger partial charge in [-0.15, -0.1) is 0 Å². The Morgan fingerprint density at radius 2 is 1.96 bits per heavy atom. The molecule has 1 atom stereocenters. The first-order valence-electron chi connectivity index (χ1n) is 7.02. The monoisotopic (exact) mass is 337 g/mol. The van der Waals surface area contributed by atoms with Gasteiger partial charge in [-0.3, -0.25) is 4.57 Å². The number of aromatic nitrogens is 4. The second-order valence-corrected chi connectivity index (χ2v) is 5.11. The summed E-state index contributed by atoms with van der Waals surface area (Å²) in [6, 6.07) is 5.53. The predicted octanol–water partition coefficient (Wildman–Crippen LogP) is 3.26. The van der Waals surface area contributed by atoms with Crippen molar-refractivity contribution in [2.24, 2.45) is 0 Å². The summed E-state index contributed by atoms with van der Waals surface area (Å²) in [6.45, 7) is 1.68. The Labute approximate surface area is 135 Å². The van der Waals surface area contributed by atoms with Gasteiger partial charge in [-0.2, -0.15) is 13.2 Å². The molecule has 2 N–H and O–H groups in total. The maximum Gasteiger partial charge on any atom is 0.433 e. The molecule has 3 rings (SSSR count). The first-order chi connectivity index (χ1) is 11.3. The van der Waals surface area contributed by atoms with E-state index in [-0.39, 0.29) is 11.5 Å². The van der Waals surface area contributed by atoms with Gasteiger partial charge >= 0.3 is 6.18 Å². The summed E-state index contributed by atoms with van der Waals surface area (Å²) >= 11 is 0. The summed E-state index contributed by atoms with van der Waals surface area (Å²) in [5.41, 5.74) is 5.75. The number of hydrogen-bond acceptors (Lipinski definition) is 5. The Hall–Kier alpha value is -2.68. The molecule has 126 valence electrons. The molecule has 6 nitrogen and oxygen atoms in total. The standard InChI is InChI=1S/C15H14F3N5O/c1-8(24-2)23-13(9-4-3-7-20-12(9)19)21-10-5-6-11(15(16,17)18)22-14(10)23/h3-8H,1-2H3,(H2,19,20). The van der Waals surface area contributed by atoms with Crippen LogP contribution < -0.4 is 5.73 Å². The third-order valence-corrected chi connectivity index (χ3v) is 3.61. The Bertz CT molecular complexity index is 890. The van der Waals surface area contributed by atoms with Gasteiger partial charge in [-0.1, -0.05) is 0 Å². The first-order valence-corrected chi connectivity index (χ1v) is 7.02. The highest BCUT2D eigenvalue weighted by molar-refractivity contribution is 5.80. The van der Waals surface area contributed by atoms with Crippen LogP contribution in [0.5, 0.6) is 0 Å². The average Bonchev–Trinajstić information content (AvgIpc) is 2.92. The fourth-order valence-electron chi connectivity index (χ4n) is 2.38. The maximum absolute atomic E-state index is 13.0. The van der Waals surface area contributed by atoms with Crippen LogP contribution in [0.15, 0.2) is 30.5 Å². The number of hydrogen-bond donors (Lipinski definition) is 1. The SMILES string of the molecule is COC(C)n1c(-c2cccnc2N)nc2ccc(C(F)(F)F)nc21. The summed E-state index contributed by atoms with van der Waals surface area (Å²) in [5, 5.41) is 0. The smallest absolute Gasteiger partial charge is 0.383 e. The van der Waals surface area contributed by atoms with Crippen LogP contribution in [0.2, 0.25) is 0 Å². The highest BCUT2D eigenvalue weighted by Gasteiger charge is 2.33. The van der Waals surface area contributed by atoms with Crippen molar-refractivity contribution in [2.75, 3.05) is 12.8 Å². The molecule has 0 saturated heterocycles. The van der Waals surface area contributed by atoms with Gasteiger partial charge in [0, 0.05) is 13.3 Å². The molecule has 0 bridgehead atoms. The molecular weight excluding hydrogens is 323 g/mol. The minimum absolute atomic E-state index is 0.0671. The number of nitrogen functional groups attached to an aromatic ring is 1. The van der Waals surface area contributed by atoms with Crippen molar-refractivity contribution in [3.05, 3.63) is 36.2 Å².